The van der Waals surface area contributed by atoms with Crippen molar-refractivity contribution >= 4 is 17.2 Å². The first kappa shape index (κ1) is 14.3. The Kier molecular flexibility index (Phi) is 5.16. The van der Waals surface area contributed by atoms with Crippen LogP contribution in [0, 0.1) is 0 Å². The maximum absolute atomic E-state index is 11.8. The van der Waals surface area contributed by atoms with Gasteiger partial charge in [-0.05, 0) is 30.7 Å². The van der Waals surface area contributed by atoms with E-state index in [4.69, 9.17) is 4.74 Å². The maximum Gasteiger partial charge on any atom is 0.220 e. The third kappa shape index (κ3) is 3.67. The van der Waals surface area contributed by atoms with Gasteiger partial charge in [-0.1, -0.05) is 12.1 Å². The van der Waals surface area contributed by atoms with Gasteiger partial charge in [-0.15, -0.1) is 17.9 Å². The molecule has 1 amide bonds. The summed E-state index contributed by atoms with van der Waals surface area (Å²) < 4.78 is 5.47. The minimum absolute atomic E-state index is 0.0657. The number of carbonyl (C=O) groups is 1. The van der Waals surface area contributed by atoms with Crippen LogP contribution in [0.5, 0.6) is 0 Å². The number of ether oxygens (including phenoxy) is 1. The van der Waals surface area contributed by atoms with E-state index in [1.54, 1.807) is 17.4 Å². The SMILES string of the molecule is C=CCCC(=O)NCC1(c2cccs2)CCOCC1. The van der Waals surface area contributed by atoms with Crippen molar-refractivity contribution in [2.45, 2.75) is 31.1 Å². The molecule has 0 atom stereocenters. The summed E-state index contributed by atoms with van der Waals surface area (Å²) in [7, 11) is 0. The quantitative estimate of drug-likeness (QED) is 0.813. The second-order valence-electron chi connectivity index (χ2n) is 4.97. The summed E-state index contributed by atoms with van der Waals surface area (Å²) >= 11 is 1.77. The lowest BCUT2D eigenvalue weighted by Crippen LogP contribution is -2.44. The Morgan fingerprint density at radius 2 is 2.32 bits per heavy atom. The Morgan fingerprint density at radius 1 is 1.53 bits per heavy atom. The lowest BCUT2D eigenvalue weighted by Gasteiger charge is -2.36. The van der Waals surface area contributed by atoms with E-state index in [0.717, 1.165) is 32.5 Å². The third-order valence-electron chi connectivity index (χ3n) is 3.69. The minimum atomic E-state index is 0.0657. The number of thiophene rings is 1. The predicted molar refractivity (Wildman–Crippen MR) is 78.5 cm³/mol. The molecular weight excluding hydrogens is 258 g/mol. The van der Waals surface area contributed by atoms with E-state index in [2.05, 4.69) is 29.4 Å². The molecule has 0 aromatic carbocycles. The molecule has 104 valence electrons. The molecule has 19 heavy (non-hydrogen) atoms. The van der Waals surface area contributed by atoms with Gasteiger partial charge >= 0.3 is 0 Å². The Bertz CT molecular complexity index is 408. The van der Waals surface area contributed by atoms with E-state index >= 15 is 0 Å². The number of nitrogens with one attached hydrogen (secondary N) is 1. The number of allylic oxidation sites excluding steroid dienone is 1. The van der Waals surface area contributed by atoms with Gasteiger partial charge < -0.3 is 10.1 Å². The molecule has 0 unspecified atom stereocenters. The van der Waals surface area contributed by atoms with Crippen molar-refractivity contribution in [3.8, 4) is 0 Å². The van der Waals surface area contributed by atoms with Gasteiger partial charge in [0.1, 0.15) is 0 Å². The number of hydrogen-bond donors (Lipinski definition) is 1. The van der Waals surface area contributed by atoms with Crippen molar-refractivity contribution in [1.29, 1.82) is 0 Å². The molecule has 0 bridgehead atoms. The van der Waals surface area contributed by atoms with Crippen molar-refractivity contribution < 1.29 is 9.53 Å². The van der Waals surface area contributed by atoms with Crippen LogP contribution in [0.15, 0.2) is 30.2 Å². The van der Waals surface area contributed by atoms with Crippen LogP contribution in [0.1, 0.15) is 30.6 Å². The van der Waals surface area contributed by atoms with Gasteiger partial charge in [0.2, 0.25) is 5.91 Å². The Balaban J connectivity index is 1.99. The summed E-state index contributed by atoms with van der Waals surface area (Å²) in [5, 5.41) is 5.18. The first-order chi connectivity index (χ1) is 9.27. The van der Waals surface area contributed by atoms with Gasteiger partial charge in [0.15, 0.2) is 0 Å². The van der Waals surface area contributed by atoms with Gasteiger partial charge in [0.05, 0.1) is 0 Å². The summed E-state index contributed by atoms with van der Waals surface area (Å²) in [5.74, 6) is 0.113. The van der Waals surface area contributed by atoms with Crippen LogP contribution in [0.25, 0.3) is 0 Å². The fourth-order valence-corrected chi connectivity index (χ4v) is 3.43. The zero-order chi connectivity index (χ0) is 13.6. The second-order valence-corrected chi connectivity index (χ2v) is 5.92. The molecule has 4 heteroatoms. The highest BCUT2D eigenvalue weighted by Crippen LogP contribution is 2.36. The fourth-order valence-electron chi connectivity index (χ4n) is 2.44. The van der Waals surface area contributed by atoms with Crippen LogP contribution in [0.3, 0.4) is 0 Å². The van der Waals surface area contributed by atoms with Crippen molar-refractivity contribution in [3.63, 3.8) is 0 Å². The predicted octanol–water partition coefficient (Wildman–Crippen LogP) is 2.88. The van der Waals surface area contributed by atoms with E-state index < -0.39 is 0 Å². The molecule has 1 fully saturated rings. The molecule has 1 saturated heterocycles. The normalized spacial score (nSPS) is 17.9. The summed E-state index contributed by atoms with van der Waals surface area (Å²) in [4.78, 5) is 13.1. The van der Waals surface area contributed by atoms with Crippen LogP contribution >= 0.6 is 11.3 Å². The highest BCUT2D eigenvalue weighted by Gasteiger charge is 2.35. The second kappa shape index (κ2) is 6.87. The topological polar surface area (TPSA) is 38.3 Å². The van der Waals surface area contributed by atoms with E-state index in [9.17, 15) is 4.79 Å². The third-order valence-corrected chi connectivity index (χ3v) is 4.81. The smallest absolute Gasteiger partial charge is 0.220 e. The van der Waals surface area contributed by atoms with Crippen LogP contribution < -0.4 is 5.32 Å². The first-order valence-electron chi connectivity index (χ1n) is 6.76. The lowest BCUT2D eigenvalue weighted by atomic mass is 9.78. The van der Waals surface area contributed by atoms with Crippen molar-refractivity contribution in [1.82, 2.24) is 5.32 Å². The highest BCUT2D eigenvalue weighted by molar-refractivity contribution is 7.10. The molecule has 1 aromatic rings. The fraction of sp³-hybridized carbons (Fsp3) is 0.533. The molecule has 1 N–H and O–H groups in total. The molecular formula is C15H21NO2S. The molecule has 1 aromatic heterocycles. The molecule has 0 aliphatic carbocycles. The van der Waals surface area contributed by atoms with Crippen LogP contribution in [0.4, 0.5) is 0 Å². The average Bonchev–Trinajstić information content (AvgIpc) is 2.98. The van der Waals surface area contributed by atoms with E-state index in [0.29, 0.717) is 13.0 Å². The summed E-state index contributed by atoms with van der Waals surface area (Å²) in [6, 6.07) is 4.25. The summed E-state index contributed by atoms with van der Waals surface area (Å²) in [6.07, 6.45) is 5.01. The Morgan fingerprint density at radius 3 is 2.95 bits per heavy atom. The molecule has 1 aliphatic rings. The van der Waals surface area contributed by atoms with Crippen molar-refractivity contribution in [2.75, 3.05) is 19.8 Å². The molecule has 3 nitrogen and oxygen atoms in total. The Labute approximate surface area is 118 Å². The standard InChI is InChI=1S/C15H21NO2S/c1-2-3-6-14(17)16-12-15(7-9-18-10-8-15)13-5-4-11-19-13/h2,4-5,11H,1,3,6-10,12H2,(H,16,17). The van der Waals surface area contributed by atoms with E-state index in [1.807, 2.05) is 0 Å². The number of amides is 1. The van der Waals surface area contributed by atoms with Crippen LogP contribution in [0.2, 0.25) is 0 Å². The van der Waals surface area contributed by atoms with Crippen LogP contribution in [-0.2, 0) is 14.9 Å². The summed E-state index contributed by atoms with van der Waals surface area (Å²) in [5.41, 5.74) is 0.0657. The van der Waals surface area contributed by atoms with E-state index in [1.165, 1.54) is 4.88 Å². The van der Waals surface area contributed by atoms with Gasteiger partial charge in [-0.3, -0.25) is 4.79 Å². The Hall–Kier alpha value is -1.13. The number of rotatable bonds is 6. The van der Waals surface area contributed by atoms with Gasteiger partial charge in [-0.2, -0.15) is 0 Å². The van der Waals surface area contributed by atoms with Crippen LogP contribution in [-0.4, -0.2) is 25.7 Å². The molecule has 0 saturated carbocycles. The molecule has 0 radical (unpaired) electrons. The van der Waals surface area contributed by atoms with Gasteiger partial charge in [0.25, 0.3) is 0 Å². The number of hydrogen-bond acceptors (Lipinski definition) is 3. The monoisotopic (exact) mass is 279 g/mol. The minimum Gasteiger partial charge on any atom is -0.381 e. The molecule has 2 rings (SSSR count). The largest absolute Gasteiger partial charge is 0.381 e. The molecule has 2 heterocycles. The molecule has 0 spiro atoms. The summed E-state index contributed by atoms with van der Waals surface area (Å²) in [6.45, 7) is 5.91. The lowest BCUT2D eigenvalue weighted by molar-refractivity contribution is -0.121. The molecule has 1 aliphatic heterocycles. The highest BCUT2D eigenvalue weighted by atomic mass is 32.1. The van der Waals surface area contributed by atoms with Crippen molar-refractivity contribution in [2.24, 2.45) is 0 Å². The van der Waals surface area contributed by atoms with Gasteiger partial charge in [0, 0.05) is 36.5 Å². The van der Waals surface area contributed by atoms with Crippen molar-refractivity contribution in [3.05, 3.63) is 35.0 Å². The maximum atomic E-state index is 11.8. The van der Waals surface area contributed by atoms with E-state index in [-0.39, 0.29) is 11.3 Å². The first-order valence-corrected chi connectivity index (χ1v) is 7.64. The average molecular weight is 279 g/mol. The van der Waals surface area contributed by atoms with Gasteiger partial charge in [-0.25, -0.2) is 0 Å². The zero-order valence-electron chi connectivity index (χ0n) is 11.2. The zero-order valence-corrected chi connectivity index (χ0v) is 12.0. The number of carbonyl (C=O) groups excluding carboxylic acids is 1.